The maximum Gasteiger partial charge on any atom is 0.153 e. The molecule has 4 nitrogen and oxygen atoms in total. The Hall–Kier alpha value is -10.6. The quantitative estimate of drug-likeness (QED) is 0.114. The molecule has 14 aromatic carbocycles. The van der Waals surface area contributed by atoms with E-state index in [1.807, 2.05) is 133 Å². The molecule has 2 aliphatic rings. The van der Waals surface area contributed by atoms with Crippen molar-refractivity contribution in [3.05, 3.63) is 344 Å². The molecule has 2 heterocycles. The first-order valence-electron chi connectivity index (χ1n) is 30.3. The fourth-order valence-electron chi connectivity index (χ4n) is 12.3. The van der Waals surface area contributed by atoms with E-state index >= 15 is 0 Å². The minimum atomic E-state index is -2.72. The Bertz CT molecular complexity index is 4690. The summed E-state index contributed by atoms with van der Waals surface area (Å²) in [6.07, 6.45) is 0. The minimum absolute atomic E-state index is 0. The molecule has 7 heteroatoms. The van der Waals surface area contributed by atoms with Crippen LogP contribution in [-0.2, 0) is 11.8 Å². The zero-order valence-corrected chi connectivity index (χ0v) is 52.5. The van der Waals surface area contributed by atoms with Crippen LogP contribution in [0.4, 0.5) is 0 Å². The summed E-state index contributed by atoms with van der Waals surface area (Å²) in [5.41, 5.74) is 16.6. The van der Waals surface area contributed by atoms with Gasteiger partial charge in [-0.25, -0.2) is 0 Å². The van der Waals surface area contributed by atoms with Gasteiger partial charge in [0.1, 0.15) is 39.0 Å². The summed E-state index contributed by atoms with van der Waals surface area (Å²) >= 11 is 11.2. The summed E-state index contributed by atoms with van der Waals surface area (Å²) in [5.74, 6) is 6.10. The van der Waals surface area contributed by atoms with Crippen LogP contribution in [0.25, 0.3) is 89.0 Å². The second-order valence-electron chi connectivity index (χ2n) is 22.2. The number of rotatable bonds is 12. The van der Waals surface area contributed by atoms with Crippen LogP contribution in [0, 0.1) is 0 Å². The Balaban J connectivity index is 0.000000158. The molecule has 16 rings (SSSR count). The Kier molecular flexibility index (Phi) is 16.7. The predicted octanol–water partition coefficient (Wildman–Crippen LogP) is 23.7. The van der Waals surface area contributed by atoms with E-state index in [0.717, 1.165) is 144 Å². The van der Waals surface area contributed by atoms with Crippen LogP contribution in [0.1, 0.15) is 7.43 Å². The number of fused-ring (bicyclic) bond motifs is 4. The number of ether oxygens (including phenoxy) is 4. The predicted molar refractivity (Wildman–Crippen MR) is 390 cm³/mol. The van der Waals surface area contributed by atoms with Crippen molar-refractivity contribution >= 4 is 49.7 Å². The van der Waals surface area contributed by atoms with Gasteiger partial charge in [-0.1, -0.05) is 323 Å². The average molecular weight is 1290 g/mol. The lowest BCUT2D eigenvalue weighted by Gasteiger charge is -2.40. The van der Waals surface area contributed by atoms with Gasteiger partial charge in [0.2, 0.25) is 0 Å². The van der Waals surface area contributed by atoms with Crippen molar-refractivity contribution in [2.24, 2.45) is 0 Å². The van der Waals surface area contributed by atoms with Gasteiger partial charge in [-0.3, -0.25) is 0 Å². The second-order valence-corrected chi connectivity index (χ2v) is 27.2. The third kappa shape index (κ3) is 11.1. The van der Waals surface area contributed by atoms with Crippen LogP contribution in [0.2, 0.25) is 0 Å². The fourth-order valence-corrected chi connectivity index (χ4v) is 17.4. The molecule has 0 N–H and O–H groups in total. The van der Waals surface area contributed by atoms with Gasteiger partial charge >= 0.3 is 0 Å². The molecule has 92 heavy (non-hydrogen) atoms. The maximum atomic E-state index is 7.16. The summed E-state index contributed by atoms with van der Waals surface area (Å²) < 4.78 is 28.9. The first-order chi connectivity index (χ1) is 45.0. The lowest BCUT2D eigenvalue weighted by Crippen LogP contribution is -2.36. The van der Waals surface area contributed by atoms with Crippen molar-refractivity contribution in [2.75, 3.05) is 0 Å². The molecular formula is C85H60BrO4PS. The van der Waals surface area contributed by atoms with Gasteiger partial charge in [-0.2, -0.15) is 0 Å². The van der Waals surface area contributed by atoms with E-state index < -0.39 is 6.04 Å². The van der Waals surface area contributed by atoms with Crippen LogP contribution in [0.15, 0.2) is 344 Å². The van der Waals surface area contributed by atoms with E-state index in [1.165, 1.54) is 0 Å². The van der Waals surface area contributed by atoms with Crippen molar-refractivity contribution in [2.45, 2.75) is 7.43 Å². The molecule has 0 atom stereocenters. The molecule has 0 aliphatic carbocycles. The van der Waals surface area contributed by atoms with E-state index in [0.29, 0.717) is 11.5 Å². The molecule has 0 fully saturated rings. The van der Waals surface area contributed by atoms with Gasteiger partial charge in [0.25, 0.3) is 0 Å². The topological polar surface area (TPSA) is 36.9 Å². The highest BCUT2D eigenvalue weighted by Crippen LogP contribution is 2.64. The molecule has 0 unspecified atom stereocenters. The molecule has 0 radical (unpaired) electrons. The van der Waals surface area contributed by atoms with Gasteiger partial charge in [0.05, 0.1) is 11.3 Å². The number of hydrogen-bond donors (Lipinski definition) is 0. The molecule has 0 aromatic heterocycles. The molecule has 0 saturated carbocycles. The van der Waals surface area contributed by atoms with Crippen molar-refractivity contribution in [1.82, 2.24) is 0 Å². The highest BCUT2D eigenvalue weighted by Gasteiger charge is 2.46. The molecule has 0 saturated heterocycles. The number of hydrogen-bond acceptors (Lipinski definition) is 5. The normalized spacial score (nSPS) is 12.0. The Morgan fingerprint density at radius 1 is 0.261 bits per heavy atom. The number of halogens is 1. The second kappa shape index (κ2) is 26.1. The van der Waals surface area contributed by atoms with E-state index in [1.54, 1.807) is 0 Å². The van der Waals surface area contributed by atoms with Gasteiger partial charge in [-0.05, 0) is 96.8 Å². The van der Waals surface area contributed by atoms with Crippen LogP contribution >= 0.6 is 22.0 Å². The molecule has 14 aromatic rings. The molecule has 0 spiro atoms. The zero-order valence-electron chi connectivity index (χ0n) is 49.2. The largest absolute Gasteiger partial charge is 0.455 e. The van der Waals surface area contributed by atoms with Crippen molar-refractivity contribution in [1.29, 1.82) is 0 Å². The Morgan fingerprint density at radius 2 is 0.511 bits per heavy atom. The first-order valence-corrected chi connectivity index (χ1v) is 33.9. The smallest absolute Gasteiger partial charge is 0.153 e. The van der Waals surface area contributed by atoms with E-state index in [9.17, 15) is 0 Å². The van der Waals surface area contributed by atoms with Crippen LogP contribution in [0.5, 0.6) is 46.0 Å². The molecule has 0 bridgehead atoms. The molecule has 442 valence electrons. The van der Waals surface area contributed by atoms with Crippen molar-refractivity contribution in [3.8, 4) is 135 Å². The lowest BCUT2D eigenvalue weighted by molar-refractivity contribution is 0.459. The standard InChI is InChI=1S/C42H29BrO2.C42H27O2PS.CH4/c43-40-41(44-38-27-15-13-25-34(38)30-17-5-1-6-18-30)36(32-21-9-3-10-22-32)29-37(33-23-11-4-12-24-33)42(40)45-39-28-16-14-26-35(39)31-19-7-2-8-20-31;46-45-36-25-13-23-32(28-15-5-1-6-16-28)38(36)43-40-34(30-19-9-3-10-20-30)27-35(31-21-11-4-12-22-31)41(42(40)45)44-39-33(24-14-26-37(39)45)29-17-7-2-8-18-29;/h1-29H;1-27H;1H4. The zero-order chi connectivity index (χ0) is 61.1. The summed E-state index contributed by atoms with van der Waals surface area (Å²) in [6, 6.07) is 114. The highest BCUT2D eigenvalue weighted by atomic mass is 79.9. The molecular weight excluding hydrogens is 1230 g/mol. The Morgan fingerprint density at radius 3 is 0.837 bits per heavy atom. The highest BCUT2D eigenvalue weighted by molar-refractivity contribution is 9.10. The average Bonchev–Trinajstić information content (AvgIpc) is 0.686. The fraction of sp³-hybridized carbons (Fsp3) is 0.0118. The summed E-state index contributed by atoms with van der Waals surface area (Å²) in [6.45, 7) is 0. The molecule has 0 amide bonds. The van der Waals surface area contributed by atoms with E-state index in [2.05, 4.69) is 222 Å². The first kappa shape index (κ1) is 59.1. The van der Waals surface area contributed by atoms with E-state index in [-0.39, 0.29) is 7.43 Å². The maximum absolute atomic E-state index is 7.16. The van der Waals surface area contributed by atoms with Crippen molar-refractivity contribution < 1.29 is 18.9 Å². The monoisotopic (exact) mass is 1290 g/mol. The summed E-state index contributed by atoms with van der Waals surface area (Å²) in [4.78, 5) is 0. The third-order valence-corrected chi connectivity index (χ3v) is 22.2. The lowest BCUT2D eigenvalue weighted by atomic mass is 9.96. The molecule has 2 aliphatic heterocycles. The third-order valence-electron chi connectivity index (χ3n) is 16.7. The van der Waals surface area contributed by atoms with Crippen LogP contribution in [-0.4, -0.2) is 0 Å². The van der Waals surface area contributed by atoms with Crippen LogP contribution in [0.3, 0.4) is 0 Å². The van der Waals surface area contributed by atoms with Gasteiger partial charge in [0, 0.05) is 55.1 Å². The van der Waals surface area contributed by atoms with Gasteiger partial charge < -0.3 is 18.9 Å². The van der Waals surface area contributed by atoms with Crippen molar-refractivity contribution in [3.63, 3.8) is 0 Å². The number of para-hydroxylation sites is 4. The summed E-state index contributed by atoms with van der Waals surface area (Å²) in [5, 5.41) is 3.09. The minimum Gasteiger partial charge on any atom is -0.455 e. The summed E-state index contributed by atoms with van der Waals surface area (Å²) in [7, 11) is 0. The van der Waals surface area contributed by atoms with Gasteiger partial charge in [0.15, 0.2) is 11.5 Å². The van der Waals surface area contributed by atoms with E-state index in [4.69, 9.17) is 30.8 Å². The Labute approximate surface area is 551 Å². The van der Waals surface area contributed by atoms with Crippen LogP contribution < -0.4 is 34.9 Å². The van der Waals surface area contributed by atoms with Gasteiger partial charge in [-0.15, -0.1) is 0 Å². The number of benzene rings is 14. The SMILES string of the molecule is Brc1c(Oc2ccccc2-c2ccccc2)c(-c2ccccc2)cc(-c2ccccc2)c1Oc1ccccc1-c1ccccc1.C.S=P12c3cccc(-c4ccccc4)c3Oc3c(-c4ccccc4)cc(-c4ccccc4)c(c31)Oc1c(-c3ccccc3)cccc12.